The fourth-order valence-corrected chi connectivity index (χ4v) is 3.00. The first-order chi connectivity index (χ1) is 10.1. The maximum absolute atomic E-state index is 6.27. The summed E-state index contributed by atoms with van der Waals surface area (Å²) in [4.78, 5) is 4.51. The predicted molar refractivity (Wildman–Crippen MR) is 89.2 cm³/mol. The summed E-state index contributed by atoms with van der Waals surface area (Å²) in [6.45, 7) is 4.62. The second kappa shape index (κ2) is 7.78. The van der Waals surface area contributed by atoms with Gasteiger partial charge in [0.25, 0.3) is 0 Å². The van der Waals surface area contributed by atoms with Crippen LogP contribution in [0.5, 0.6) is 5.75 Å². The van der Waals surface area contributed by atoms with Crippen LogP contribution in [0.25, 0.3) is 0 Å². The molecule has 0 bridgehead atoms. The highest BCUT2D eigenvalue weighted by atomic mass is 35.5. The van der Waals surface area contributed by atoms with Crippen LogP contribution in [0, 0.1) is 0 Å². The van der Waals surface area contributed by atoms with Crippen molar-refractivity contribution in [3.8, 4) is 5.75 Å². The molecule has 0 fully saturated rings. The molecule has 0 saturated carbocycles. The number of aryl methyl sites for hydroxylation is 1. The van der Waals surface area contributed by atoms with Gasteiger partial charge < -0.3 is 10.5 Å². The van der Waals surface area contributed by atoms with Crippen molar-refractivity contribution in [1.82, 2.24) is 4.98 Å². The molecule has 1 unspecified atom stereocenters. The largest absolute Gasteiger partial charge is 0.485 e. The summed E-state index contributed by atoms with van der Waals surface area (Å²) in [5.74, 6) is 0.731. The zero-order valence-corrected chi connectivity index (χ0v) is 14.0. The first-order valence-electron chi connectivity index (χ1n) is 7.23. The van der Waals surface area contributed by atoms with E-state index < -0.39 is 0 Å². The summed E-state index contributed by atoms with van der Waals surface area (Å²) in [6.07, 6.45) is 2.65. The van der Waals surface area contributed by atoms with Crippen LogP contribution >= 0.6 is 22.9 Å². The van der Waals surface area contributed by atoms with Crippen molar-refractivity contribution < 1.29 is 4.74 Å². The molecular formula is C16H21ClN2OS. The number of nitrogens with zero attached hydrogens (tertiary/aromatic N) is 1. The number of hydrogen-bond acceptors (Lipinski definition) is 4. The first kappa shape index (κ1) is 16.3. The molecule has 3 nitrogen and oxygen atoms in total. The smallest absolute Gasteiger partial charge is 0.141 e. The van der Waals surface area contributed by atoms with Gasteiger partial charge in [-0.05, 0) is 30.9 Å². The van der Waals surface area contributed by atoms with Crippen molar-refractivity contribution in [2.75, 3.05) is 0 Å². The lowest BCUT2D eigenvalue weighted by Gasteiger charge is -2.15. The molecule has 1 heterocycles. The molecule has 0 aliphatic carbocycles. The van der Waals surface area contributed by atoms with E-state index in [1.165, 1.54) is 0 Å². The number of aromatic nitrogens is 1. The highest BCUT2D eigenvalue weighted by Crippen LogP contribution is 2.30. The highest BCUT2D eigenvalue weighted by molar-refractivity contribution is 7.09. The van der Waals surface area contributed by atoms with E-state index in [9.17, 15) is 0 Å². The van der Waals surface area contributed by atoms with Gasteiger partial charge in [0.1, 0.15) is 12.4 Å². The van der Waals surface area contributed by atoms with Gasteiger partial charge in [0, 0.05) is 11.4 Å². The first-order valence-corrected chi connectivity index (χ1v) is 8.48. The fourth-order valence-electron chi connectivity index (χ4n) is 2.03. The van der Waals surface area contributed by atoms with Gasteiger partial charge in [-0.1, -0.05) is 37.6 Å². The zero-order chi connectivity index (χ0) is 15.2. The van der Waals surface area contributed by atoms with Crippen LogP contribution < -0.4 is 10.5 Å². The Labute approximate surface area is 135 Å². The fraction of sp³-hybridized carbons (Fsp3) is 0.438. The minimum Gasteiger partial charge on any atom is -0.485 e. The third-order valence-corrected chi connectivity index (χ3v) is 4.66. The van der Waals surface area contributed by atoms with E-state index >= 15 is 0 Å². The van der Waals surface area contributed by atoms with Gasteiger partial charge in [0.2, 0.25) is 0 Å². The van der Waals surface area contributed by atoms with E-state index in [0.29, 0.717) is 11.6 Å². The molecule has 1 aromatic carbocycles. The summed E-state index contributed by atoms with van der Waals surface area (Å²) in [6, 6.07) is 5.92. The number of halogens is 1. The molecule has 0 radical (unpaired) electrons. The average molecular weight is 325 g/mol. The SMILES string of the molecule is CCc1nc(COc2c(Cl)cccc2CC(N)CC)cs1. The number of para-hydroxylation sites is 1. The summed E-state index contributed by atoms with van der Waals surface area (Å²) in [5, 5.41) is 3.79. The molecule has 0 aliphatic heterocycles. The molecular weight excluding hydrogens is 304 g/mol. The van der Waals surface area contributed by atoms with Gasteiger partial charge in [0.05, 0.1) is 15.7 Å². The maximum Gasteiger partial charge on any atom is 0.141 e. The molecule has 5 heteroatoms. The topological polar surface area (TPSA) is 48.1 Å². The van der Waals surface area contributed by atoms with Crippen molar-refractivity contribution in [2.45, 2.75) is 45.8 Å². The third-order valence-electron chi connectivity index (χ3n) is 3.32. The van der Waals surface area contributed by atoms with Crippen molar-refractivity contribution in [2.24, 2.45) is 5.73 Å². The van der Waals surface area contributed by atoms with Crippen LogP contribution in [-0.2, 0) is 19.4 Å². The van der Waals surface area contributed by atoms with Crippen molar-refractivity contribution >= 4 is 22.9 Å². The van der Waals surface area contributed by atoms with Crippen molar-refractivity contribution in [3.63, 3.8) is 0 Å². The Balaban J connectivity index is 2.10. The number of benzene rings is 1. The van der Waals surface area contributed by atoms with Crippen LogP contribution in [0.1, 0.15) is 36.5 Å². The quantitative estimate of drug-likeness (QED) is 0.829. The lowest BCUT2D eigenvalue weighted by Crippen LogP contribution is -2.21. The third kappa shape index (κ3) is 4.43. The Morgan fingerprint density at radius 3 is 2.86 bits per heavy atom. The molecule has 0 amide bonds. The minimum atomic E-state index is 0.122. The Bertz CT molecular complexity index is 585. The predicted octanol–water partition coefficient (Wildman–Crippen LogP) is 4.22. The van der Waals surface area contributed by atoms with Gasteiger partial charge in [0.15, 0.2) is 0 Å². The standard InChI is InChI=1S/C16H21ClN2OS/c1-3-12(18)8-11-6-5-7-14(17)16(11)20-9-13-10-21-15(4-2)19-13/h5-7,10,12H,3-4,8-9,18H2,1-2H3. The lowest BCUT2D eigenvalue weighted by molar-refractivity contribution is 0.298. The number of nitrogens with two attached hydrogens (primary N) is 1. The van der Waals surface area contributed by atoms with Crippen molar-refractivity contribution in [1.29, 1.82) is 0 Å². The molecule has 2 aromatic rings. The van der Waals surface area contributed by atoms with E-state index in [-0.39, 0.29) is 6.04 Å². The number of thiazole rings is 1. The highest BCUT2D eigenvalue weighted by Gasteiger charge is 2.12. The molecule has 0 saturated heterocycles. The molecule has 1 atom stereocenters. The second-order valence-corrected chi connectivity index (χ2v) is 6.33. The normalized spacial score (nSPS) is 12.4. The Morgan fingerprint density at radius 2 is 2.19 bits per heavy atom. The summed E-state index contributed by atoms with van der Waals surface area (Å²) in [5.41, 5.74) is 8.05. The summed E-state index contributed by atoms with van der Waals surface area (Å²) in [7, 11) is 0. The molecule has 21 heavy (non-hydrogen) atoms. The molecule has 2 rings (SSSR count). The number of rotatable bonds is 7. The molecule has 2 N–H and O–H groups in total. The summed E-state index contributed by atoms with van der Waals surface area (Å²) < 4.78 is 5.91. The van der Waals surface area contributed by atoms with Crippen LogP contribution in [0.15, 0.2) is 23.6 Å². The number of hydrogen-bond donors (Lipinski definition) is 1. The molecule has 114 valence electrons. The van der Waals surface area contributed by atoms with Crippen LogP contribution in [-0.4, -0.2) is 11.0 Å². The van der Waals surface area contributed by atoms with Gasteiger partial charge >= 0.3 is 0 Å². The van der Waals surface area contributed by atoms with Gasteiger partial charge in [-0.25, -0.2) is 4.98 Å². The van der Waals surface area contributed by atoms with E-state index in [1.807, 2.05) is 23.6 Å². The second-order valence-electron chi connectivity index (χ2n) is 4.98. The Kier molecular flexibility index (Phi) is 6.03. The van der Waals surface area contributed by atoms with E-state index in [2.05, 4.69) is 18.8 Å². The molecule has 0 aliphatic rings. The molecule has 1 aromatic heterocycles. The number of ether oxygens (including phenoxy) is 1. The average Bonchev–Trinajstić information content (AvgIpc) is 2.94. The van der Waals surface area contributed by atoms with Crippen LogP contribution in [0.4, 0.5) is 0 Å². The maximum atomic E-state index is 6.27. The van der Waals surface area contributed by atoms with E-state index in [0.717, 1.165) is 41.3 Å². The van der Waals surface area contributed by atoms with Gasteiger partial charge in [-0.15, -0.1) is 11.3 Å². The van der Waals surface area contributed by atoms with E-state index in [4.69, 9.17) is 22.1 Å². The minimum absolute atomic E-state index is 0.122. The van der Waals surface area contributed by atoms with E-state index in [1.54, 1.807) is 11.3 Å². The van der Waals surface area contributed by atoms with Crippen LogP contribution in [0.3, 0.4) is 0 Å². The summed E-state index contributed by atoms with van der Waals surface area (Å²) >= 11 is 7.93. The monoisotopic (exact) mass is 324 g/mol. The molecule has 0 spiro atoms. The van der Waals surface area contributed by atoms with Gasteiger partial charge in [-0.2, -0.15) is 0 Å². The Morgan fingerprint density at radius 1 is 1.38 bits per heavy atom. The van der Waals surface area contributed by atoms with Crippen LogP contribution in [0.2, 0.25) is 5.02 Å². The Hall–Kier alpha value is -1.10. The van der Waals surface area contributed by atoms with Crippen molar-refractivity contribution in [3.05, 3.63) is 44.9 Å². The zero-order valence-electron chi connectivity index (χ0n) is 12.4. The lowest BCUT2D eigenvalue weighted by atomic mass is 10.0. The van der Waals surface area contributed by atoms with Gasteiger partial charge in [-0.3, -0.25) is 0 Å².